The molecule has 0 bridgehead atoms. The molecule has 11 heteroatoms. The van der Waals surface area contributed by atoms with Crippen molar-refractivity contribution in [3.05, 3.63) is 131 Å². The van der Waals surface area contributed by atoms with E-state index >= 15 is 0 Å². The summed E-state index contributed by atoms with van der Waals surface area (Å²) in [4.78, 5) is 36.9. The Kier molecular flexibility index (Phi) is 11.5. The van der Waals surface area contributed by atoms with Crippen molar-refractivity contribution >= 4 is 44.9 Å². The predicted octanol–water partition coefficient (Wildman–Crippen LogP) is 7.12. The number of hydrogen-bond acceptors (Lipinski definition) is 5. The number of carbonyl (C=O) groups excluding carboxylic acids is 2. The molecule has 1 aliphatic rings. The fourth-order valence-electron chi connectivity index (χ4n) is 5.72. The van der Waals surface area contributed by atoms with Gasteiger partial charge in [-0.2, -0.15) is 0 Å². The molecule has 1 aliphatic carbocycles. The average molecular weight is 681 g/mol. The zero-order chi connectivity index (χ0) is 34.8. The first-order chi connectivity index (χ1) is 23.6. The Hall–Kier alpha value is -5.42. The summed E-state index contributed by atoms with van der Waals surface area (Å²) in [6.45, 7) is 1.98. The van der Waals surface area contributed by atoms with Gasteiger partial charge >= 0.3 is 12.0 Å². The molecule has 4 aromatic rings. The van der Waals surface area contributed by atoms with E-state index in [1.165, 1.54) is 24.1 Å². The number of benzene rings is 4. The summed E-state index contributed by atoms with van der Waals surface area (Å²) in [5, 5.41) is 17.2. The largest absolute Gasteiger partial charge is 0.481 e. The van der Waals surface area contributed by atoms with Crippen LogP contribution in [0.1, 0.15) is 77.7 Å². The number of aliphatic carboxylic acids is 1. The molecule has 10 nitrogen and oxygen atoms in total. The first-order valence-electron chi connectivity index (χ1n) is 16.3. The molecular formula is C38H40N4O6S. The van der Waals surface area contributed by atoms with E-state index < -0.39 is 34.0 Å². The van der Waals surface area contributed by atoms with Gasteiger partial charge in [-0.15, -0.1) is 0 Å². The number of urea groups is 1. The average Bonchev–Trinajstić information content (AvgIpc) is 3.11. The van der Waals surface area contributed by atoms with Gasteiger partial charge in [-0.05, 0) is 96.3 Å². The number of para-hydroxylation sites is 1. The number of rotatable bonds is 13. The summed E-state index contributed by atoms with van der Waals surface area (Å²) in [5.74, 6) is -1.42. The highest BCUT2D eigenvalue weighted by Gasteiger charge is 2.23. The third kappa shape index (κ3) is 9.35. The highest BCUT2D eigenvalue weighted by atomic mass is 32.2. The Labute approximate surface area is 286 Å². The third-order valence-corrected chi connectivity index (χ3v) is 9.76. The molecular weight excluding hydrogens is 641 g/mol. The zero-order valence-corrected chi connectivity index (χ0v) is 28.1. The Morgan fingerprint density at radius 1 is 0.857 bits per heavy atom. The molecule has 0 radical (unpaired) electrons. The summed E-state index contributed by atoms with van der Waals surface area (Å²) < 4.78 is 29.6. The van der Waals surface area contributed by atoms with Crippen LogP contribution in [0.3, 0.4) is 0 Å². The van der Waals surface area contributed by atoms with E-state index in [1.54, 1.807) is 54.6 Å². The van der Waals surface area contributed by atoms with Crippen molar-refractivity contribution in [1.82, 2.24) is 10.6 Å². The fourth-order valence-corrected chi connectivity index (χ4v) is 6.93. The summed E-state index contributed by atoms with van der Waals surface area (Å²) in [6, 6.07) is 26.7. The highest BCUT2D eigenvalue weighted by Crippen LogP contribution is 2.30. The van der Waals surface area contributed by atoms with Crippen LogP contribution < -0.4 is 20.7 Å². The zero-order valence-electron chi connectivity index (χ0n) is 27.2. The van der Waals surface area contributed by atoms with Gasteiger partial charge in [0.2, 0.25) is 0 Å². The Balaban J connectivity index is 1.38. The second-order valence-electron chi connectivity index (χ2n) is 11.8. The number of carboxylic acid groups (broad SMARTS) is 1. The Morgan fingerprint density at radius 3 is 2.24 bits per heavy atom. The van der Waals surface area contributed by atoms with Crippen LogP contribution >= 0.6 is 0 Å². The van der Waals surface area contributed by atoms with Crippen molar-refractivity contribution in [2.45, 2.75) is 56.4 Å². The molecule has 0 fully saturated rings. The third-order valence-electron chi connectivity index (χ3n) is 8.32. The molecule has 49 heavy (non-hydrogen) atoms. The lowest BCUT2D eigenvalue weighted by molar-refractivity contribution is -0.136. The van der Waals surface area contributed by atoms with Gasteiger partial charge in [0, 0.05) is 17.8 Å². The number of carboxylic acids is 1. The minimum atomic E-state index is -4.06. The number of anilines is 2. The Morgan fingerprint density at radius 2 is 1.57 bits per heavy atom. The molecule has 254 valence electrons. The van der Waals surface area contributed by atoms with Crippen LogP contribution in [-0.2, 0) is 21.2 Å². The number of carbonyl (C=O) groups is 3. The van der Waals surface area contributed by atoms with Gasteiger partial charge in [-0.25, -0.2) is 13.2 Å². The number of amides is 3. The maximum Gasteiger partial charge on any atom is 0.320 e. The van der Waals surface area contributed by atoms with Gasteiger partial charge < -0.3 is 21.1 Å². The monoisotopic (exact) mass is 680 g/mol. The number of hydrogen-bond donors (Lipinski definition) is 5. The van der Waals surface area contributed by atoms with Crippen LogP contribution in [0.15, 0.2) is 108 Å². The van der Waals surface area contributed by atoms with Gasteiger partial charge in [0.15, 0.2) is 0 Å². The second-order valence-corrected chi connectivity index (χ2v) is 13.5. The topological polar surface area (TPSA) is 154 Å². The molecule has 0 heterocycles. The molecule has 4 aromatic carbocycles. The van der Waals surface area contributed by atoms with Crippen LogP contribution in [-0.4, -0.2) is 38.0 Å². The molecule has 0 aromatic heterocycles. The van der Waals surface area contributed by atoms with Crippen LogP contribution in [0.5, 0.6) is 0 Å². The number of sulfonamides is 1. The number of aryl methyl sites for hydroxylation is 1. The predicted molar refractivity (Wildman–Crippen MR) is 191 cm³/mol. The van der Waals surface area contributed by atoms with Crippen molar-refractivity contribution in [2.75, 3.05) is 16.6 Å². The lowest BCUT2D eigenvalue weighted by atomic mass is 9.91. The lowest BCUT2D eigenvalue weighted by Gasteiger charge is -2.22. The van der Waals surface area contributed by atoms with Crippen molar-refractivity contribution in [3.63, 3.8) is 0 Å². The van der Waals surface area contributed by atoms with Crippen LogP contribution in [0, 0.1) is 0 Å². The molecule has 1 atom stereocenters. The smallest absolute Gasteiger partial charge is 0.320 e. The van der Waals surface area contributed by atoms with E-state index in [-0.39, 0.29) is 23.5 Å². The molecule has 0 saturated heterocycles. The second kappa shape index (κ2) is 16.1. The first kappa shape index (κ1) is 34.9. The fraction of sp³-hybridized carbons (Fsp3) is 0.237. The summed E-state index contributed by atoms with van der Waals surface area (Å²) in [7, 11) is -4.06. The standard InChI is InChI=1S/C38H40N4O6S/c1-2-26-9-8-12-32(25-26)42-49(47,48)34-14-7-6-13-33(34)40-38(46)41-36(29-17-15-28(16-18-29)27-10-4-3-5-11-27)30-19-21-31(22-20-30)37(45)39-24-23-35(43)44/h6-10,12-22,25,36,42H,2-5,11,23-24H2,1H3,(H,39,45)(H,43,44)(H2,40,41,46). The van der Waals surface area contributed by atoms with Crippen LogP contribution in [0.25, 0.3) is 5.57 Å². The van der Waals surface area contributed by atoms with Crippen molar-refractivity contribution in [2.24, 2.45) is 0 Å². The highest BCUT2D eigenvalue weighted by molar-refractivity contribution is 7.92. The normalized spacial score (nSPS) is 13.4. The molecule has 1 unspecified atom stereocenters. The van der Waals surface area contributed by atoms with E-state index in [9.17, 15) is 22.8 Å². The van der Waals surface area contributed by atoms with E-state index in [0.717, 1.165) is 42.4 Å². The maximum absolute atomic E-state index is 13.6. The van der Waals surface area contributed by atoms with Gasteiger partial charge in [-0.3, -0.25) is 14.3 Å². The minimum absolute atomic E-state index is 0.000886. The van der Waals surface area contributed by atoms with Crippen LogP contribution in [0.4, 0.5) is 16.2 Å². The molecule has 3 amide bonds. The van der Waals surface area contributed by atoms with Gasteiger partial charge in [0.25, 0.3) is 15.9 Å². The molecule has 0 saturated carbocycles. The molecule has 5 N–H and O–H groups in total. The quantitative estimate of drug-likeness (QED) is 0.101. The SMILES string of the molecule is CCc1cccc(NS(=O)(=O)c2ccccc2NC(=O)NC(c2ccc(C(=O)NCCC(=O)O)cc2)c2ccc(C3=CCCCC3)cc2)c1. The van der Waals surface area contributed by atoms with Crippen molar-refractivity contribution in [3.8, 4) is 0 Å². The summed E-state index contributed by atoms with van der Waals surface area (Å²) in [6.07, 6.45) is 7.22. The number of nitrogens with one attached hydrogen (secondary N) is 4. The van der Waals surface area contributed by atoms with Crippen molar-refractivity contribution in [1.29, 1.82) is 0 Å². The van der Waals surface area contributed by atoms with E-state index in [0.29, 0.717) is 16.8 Å². The van der Waals surface area contributed by atoms with Crippen molar-refractivity contribution < 1.29 is 27.9 Å². The molecule has 0 aliphatic heterocycles. The van der Waals surface area contributed by atoms with Gasteiger partial charge in [-0.1, -0.05) is 73.7 Å². The summed E-state index contributed by atoms with van der Waals surface area (Å²) in [5.41, 5.74) is 5.73. The Bertz CT molecular complexity index is 1940. The van der Waals surface area contributed by atoms with Gasteiger partial charge in [0.05, 0.1) is 18.2 Å². The molecule has 0 spiro atoms. The van der Waals surface area contributed by atoms with Crippen LogP contribution in [0.2, 0.25) is 0 Å². The van der Waals surface area contributed by atoms with E-state index in [2.05, 4.69) is 26.7 Å². The summed E-state index contributed by atoms with van der Waals surface area (Å²) >= 11 is 0. The number of allylic oxidation sites excluding steroid dienone is 2. The lowest BCUT2D eigenvalue weighted by Crippen LogP contribution is -2.34. The first-order valence-corrected chi connectivity index (χ1v) is 17.8. The minimum Gasteiger partial charge on any atom is -0.481 e. The van der Waals surface area contributed by atoms with E-state index in [4.69, 9.17) is 5.11 Å². The maximum atomic E-state index is 13.6. The van der Waals surface area contributed by atoms with E-state index in [1.807, 2.05) is 37.3 Å². The van der Waals surface area contributed by atoms with Gasteiger partial charge in [0.1, 0.15) is 4.90 Å². The molecule has 5 rings (SSSR count).